The van der Waals surface area contributed by atoms with Crippen molar-refractivity contribution in [3.8, 4) is 0 Å². The van der Waals surface area contributed by atoms with Gasteiger partial charge in [0.2, 0.25) is 5.91 Å². The molecule has 0 aliphatic carbocycles. The second-order valence-electron chi connectivity index (χ2n) is 8.46. The van der Waals surface area contributed by atoms with E-state index in [0.717, 1.165) is 33.6 Å². The first-order valence-corrected chi connectivity index (χ1v) is 12.1. The van der Waals surface area contributed by atoms with Gasteiger partial charge in [0.05, 0.1) is 11.4 Å². The highest BCUT2D eigenvalue weighted by molar-refractivity contribution is 8.14. The molecule has 0 radical (unpaired) electrons. The average Bonchev–Trinajstić information content (AvgIpc) is 3.14. The molecule has 170 valence electrons. The van der Waals surface area contributed by atoms with E-state index in [9.17, 15) is 9.59 Å². The van der Waals surface area contributed by atoms with Crippen LogP contribution in [0.2, 0.25) is 0 Å². The number of aryl methyl sites for hydroxylation is 2. The molecular weight excluding hydrogens is 444 g/mol. The molecule has 0 saturated carbocycles. The van der Waals surface area contributed by atoms with E-state index in [4.69, 9.17) is 9.98 Å². The standard InChI is InChI=1S/C27H24N4O2S/c1-17-12-18(2)14-20(13-17)28-24(32)16-34-27-30-22-11-7-6-10-21(22)25-29-23(26(33)31(25)27)15-19-8-4-3-5-9-19/h3-14,23H,15-16H2,1-2H3,(H,28,32)/t23-/m0/s1. The molecule has 7 heteroatoms. The first kappa shape index (κ1) is 22.1. The monoisotopic (exact) mass is 468 g/mol. The summed E-state index contributed by atoms with van der Waals surface area (Å²) in [6, 6.07) is 22.9. The normalized spacial score (nSPS) is 16.5. The fourth-order valence-corrected chi connectivity index (χ4v) is 5.04. The number of nitrogens with one attached hydrogen (secondary N) is 1. The number of rotatable bonds is 5. The molecule has 0 fully saturated rings. The van der Waals surface area contributed by atoms with Crippen LogP contribution in [0.25, 0.3) is 0 Å². The second kappa shape index (κ2) is 9.27. The molecule has 34 heavy (non-hydrogen) atoms. The topological polar surface area (TPSA) is 74.1 Å². The largest absolute Gasteiger partial charge is 0.325 e. The summed E-state index contributed by atoms with van der Waals surface area (Å²) in [5.41, 5.74) is 5.57. The highest BCUT2D eigenvalue weighted by atomic mass is 32.2. The number of aliphatic imine (C=N–C) groups is 2. The lowest BCUT2D eigenvalue weighted by Crippen LogP contribution is -2.41. The Morgan fingerprint density at radius 3 is 2.47 bits per heavy atom. The first-order chi connectivity index (χ1) is 16.5. The number of hydrogen-bond donors (Lipinski definition) is 1. The predicted molar refractivity (Wildman–Crippen MR) is 138 cm³/mol. The second-order valence-corrected chi connectivity index (χ2v) is 9.40. The van der Waals surface area contributed by atoms with E-state index < -0.39 is 6.04 Å². The molecule has 3 aromatic carbocycles. The Balaban J connectivity index is 1.36. The molecule has 0 unspecified atom stereocenters. The summed E-state index contributed by atoms with van der Waals surface area (Å²) in [5.74, 6) is 0.472. The quantitative estimate of drug-likeness (QED) is 0.580. The van der Waals surface area contributed by atoms with Crippen LogP contribution < -0.4 is 5.32 Å². The van der Waals surface area contributed by atoms with Crippen molar-refractivity contribution < 1.29 is 9.59 Å². The Hall–Kier alpha value is -3.71. The van der Waals surface area contributed by atoms with Gasteiger partial charge in [-0.1, -0.05) is 60.3 Å². The van der Waals surface area contributed by atoms with E-state index in [2.05, 4.69) is 11.4 Å². The molecule has 0 spiro atoms. The number of nitrogens with zero attached hydrogens (tertiary/aromatic N) is 3. The number of carbonyl (C=O) groups is 2. The minimum absolute atomic E-state index is 0.116. The average molecular weight is 469 g/mol. The van der Waals surface area contributed by atoms with Gasteiger partial charge in [0, 0.05) is 17.7 Å². The van der Waals surface area contributed by atoms with Crippen molar-refractivity contribution in [3.05, 3.63) is 95.1 Å². The molecule has 5 rings (SSSR count). The van der Waals surface area contributed by atoms with Crippen molar-refractivity contribution in [2.45, 2.75) is 26.3 Å². The molecule has 1 N–H and O–H groups in total. The molecule has 2 aliphatic heterocycles. The van der Waals surface area contributed by atoms with Crippen LogP contribution in [-0.4, -0.2) is 39.5 Å². The Morgan fingerprint density at radius 1 is 1.00 bits per heavy atom. The summed E-state index contributed by atoms with van der Waals surface area (Å²) in [4.78, 5) is 37.1. The number of para-hydroxylation sites is 1. The van der Waals surface area contributed by atoms with Gasteiger partial charge in [0.15, 0.2) is 5.17 Å². The molecule has 2 heterocycles. The van der Waals surface area contributed by atoms with E-state index in [0.29, 0.717) is 17.4 Å². The third-order valence-corrected chi connectivity index (χ3v) is 6.60. The maximum absolute atomic E-state index is 13.4. The number of thioether (sulfide) groups is 1. The van der Waals surface area contributed by atoms with Crippen LogP contribution in [-0.2, 0) is 16.0 Å². The van der Waals surface area contributed by atoms with Gasteiger partial charge in [-0.2, -0.15) is 0 Å². The Labute approximate surface area is 202 Å². The van der Waals surface area contributed by atoms with Crippen LogP contribution in [0.5, 0.6) is 0 Å². The molecule has 2 aliphatic rings. The number of hydrogen-bond acceptors (Lipinski definition) is 5. The lowest BCUT2D eigenvalue weighted by Gasteiger charge is -2.25. The van der Waals surface area contributed by atoms with Gasteiger partial charge < -0.3 is 5.32 Å². The number of anilines is 1. The number of amidine groups is 2. The van der Waals surface area contributed by atoms with E-state index in [-0.39, 0.29) is 17.6 Å². The van der Waals surface area contributed by atoms with Crippen molar-refractivity contribution in [2.24, 2.45) is 9.98 Å². The van der Waals surface area contributed by atoms with Gasteiger partial charge in [-0.25, -0.2) is 9.89 Å². The molecule has 6 nitrogen and oxygen atoms in total. The molecule has 3 aromatic rings. The van der Waals surface area contributed by atoms with Crippen molar-refractivity contribution >= 4 is 46.0 Å². The van der Waals surface area contributed by atoms with Gasteiger partial charge in [-0.3, -0.25) is 14.6 Å². The van der Waals surface area contributed by atoms with E-state index in [1.54, 1.807) is 4.90 Å². The third kappa shape index (κ3) is 4.52. The zero-order chi connectivity index (χ0) is 23.7. The van der Waals surface area contributed by atoms with Gasteiger partial charge >= 0.3 is 0 Å². The summed E-state index contributed by atoms with van der Waals surface area (Å²) in [7, 11) is 0. The van der Waals surface area contributed by atoms with Crippen molar-refractivity contribution in [3.63, 3.8) is 0 Å². The number of fused-ring (bicyclic) bond motifs is 3. The summed E-state index contributed by atoms with van der Waals surface area (Å²) in [5, 5.41) is 3.43. The summed E-state index contributed by atoms with van der Waals surface area (Å²) >= 11 is 1.25. The maximum atomic E-state index is 13.4. The number of amides is 2. The molecule has 0 aromatic heterocycles. The third-order valence-electron chi connectivity index (χ3n) is 5.66. The highest BCUT2D eigenvalue weighted by Crippen LogP contribution is 2.34. The number of benzene rings is 3. The number of carbonyl (C=O) groups excluding carboxylic acids is 2. The Bertz CT molecular complexity index is 1310. The lowest BCUT2D eigenvalue weighted by atomic mass is 10.1. The predicted octanol–water partition coefficient (Wildman–Crippen LogP) is 4.88. The Kier molecular flexibility index (Phi) is 6.02. The van der Waals surface area contributed by atoms with E-state index >= 15 is 0 Å². The smallest absolute Gasteiger partial charge is 0.259 e. The minimum Gasteiger partial charge on any atom is -0.325 e. The van der Waals surface area contributed by atoms with Crippen LogP contribution in [0.3, 0.4) is 0 Å². The van der Waals surface area contributed by atoms with Crippen molar-refractivity contribution in [2.75, 3.05) is 11.1 Å². The zero-order valence-corrected chi connectivity index (χ0v) is 19.8. The van der Waals surface area contributed by atoms with E-state index in [1.165, 1.54) is 11.8 Å². The van der Waals surface area contributed by atoms with Gasteiger partial charge in [-0.05, 0) is 54.8 Å². The SMILES string of the molecule is Cc1cc(C)cc(NC(=O)CSC2=Nc3ccccc3C3=N[C@@H](Cc4ccccc4)C(=O)N23)c1. The van der Waals surface area contributed by atoms with Crippen LogP contribution in [0.15, 0.2) is 82.8 Å². The molecule has 0 bridgehead atoms. The molecule has 2 amide bonds. The maximum Gasteiger partial charge on any atom is 0.259 e. The highest BCUT2D eigenvalue weighted by Gasteiger charge is 2.41. The van der Waals surface area contributed by atoms with E-state index in [1.807, 2.05) is 80.6 Å². The van der Waals surface area contributed by atoms with Gasteiger partial charge in [-0.15, -0.1) is 0 Å². The van der Waals surface area contributed by atoms with Gasteiger partial charge in [0.1, 0.15) is 11.9 Å². The van der Waals surface area contributed by atoms with Crippen LogP contribution >= 0.6 is 11.8 Å². The minimum atomic E-state index is -0.515. The lowest BCUT2D eigenvalue weighted by molar-refractivity contribution is -0.124. The Morgan fingerprint density at radius 2 is 1.71 bits per heavy atom. The fourth-order valence-electron chi connectivity index (χ4n) is 4.24. The van der Waals surface area contributed by atoms with Crippen LogP contribution in [0.1, 0.15) is 22.3 Å². The molecular formula is C27H24N4O2S. The fraction of sp³-hybridized carbons (Fsp3) is 0.185. The zero-order valence-electron chi connectivity index (χ0n) is 19.0. The first-order valence-electron chi connectivity index (χ1n) is 11.1. The summed E-state index contributed by atoms with van der Waals surface area (Å²) in [6.45, 7) is 3.99. The van der Waals surface area contributed by atoms with Gasteiger partial charge in [0.25, 0.3) is 5.91 Å². The van der Waals surface area contributed by atoms with Crippen molar-refractivity contribution in [1.29, 1.82) is 0 Å². The van der Waals surface area contributed by atoms with Crippen molar-refractivity contribution in [1.82, 2.24) is 4.90 Å². The molecule has 0 saturated heterocycles. The summed E-state index contributed by atoms with van der Waals surface area (Å²) < 4.78 is 0. The molecule has 1 atom stereocenters. The van der Waals surface area contributed by atoms with Crippen LogP contribution in [0.4, 0.5) is 11.4 Å². The summed E-state index contributed by atoms with van der Waals surface area (Å²) in [6.07, 6.45) is 0.521. The van der Waals surface area contributed by atoms with Crippen LogP contribution in [0, 0.1) is 13.8 Å².